The maximum atomic E-state index is 5.90. The summed E-state index contributed by atoms with van der Waals surface area (Å²) in [4.78, 5) is 14.8. The number of benzene rings is 1. The van der Waals surface area contributed by atoms with Crippen LogP contribution in [0.4, 0.5) is 17.1 Å². The van der Waals surface area contributed by atoms with E-state index in [-0.39, 0.29) is 0 Å². The second kappa shape index (κ2) is 5.05. The van der Waals surface area contributed by atoms with Crippen LogP contribution >= 0.6 is 0 Å². The Balaban J connectivity index is 2.02. The minimum Gasteiger partial charge on any atom is -0.435 e. The first kappa shape index (κ1) is 13.7. The fourth-order valence-electron chi connectivity index (χ4n) is 3.17. The molecule has 114 valence electrons. The summed E-state index contributed by atoms with van der Waals surface area (Å²) in [6, 6.07) is 6.21. The fourth-order valence-corrected chi connectivity index (χ4v) is 3.17. The molecule has 3 aromatic rings. The van der Waals surface area contributed by atoms with Crippen molar-refractivity contribution < 1.29 is 4.74 Å². The SMILES string of the molecule is Cc1cc(C)c(N2c3cnccc3Oc3ncncc32)c(C)c1. The number of anilines is 3. The Morgan fingerprint density at radius 1 is 0.957 bits per heavy atom. The Labute approximate surface area is 134 Å². The summed E-state index contributed by atoms with van der Waals surface area (Å²) in [6.07, 6.45) is 6.80. The van der Waals surface area contributed by atoms with E-state index in [0.717, 1.165) is 22.8 Å². The van der Waals surface area contributed by atoms with Gasteiger partial charge in [0, 0.05) is 12.3 Å². The van der Waals surface area contributed by atoms with Gasteiger partial charge in [-0.1, -0.05) is 17.7 Å². The Hall–Kier alpha value is -2.95. The molecular formula is C18H16N4O. The normalized spacial score (nSPS) is 12.4. The van der Waals surface area contributed by atoms with Crippen LogP contribution in [0.5, 0.6) is 11.6 Å². The predicted octanol–water partition coefficient (Wildman–Crippen LogP) is 4.37. The van der Waals surface area contributed by atoms with Gasteiger partial charge < -0.3 is 4.74 Å². The third-order valence-corrected chi connectivity index (χ3v) is 3.97. The number of nitrogens with zero attached hydrogens (tertiary/aromatic N) is 4. The smallest absolute Gasteiger partial charge is 0.247 e. The van der Waals surface area contributed by atoms with Crippen molar-refractivity contribution in [1.29, 1.82) is 0 Å². The van der Waals surface area contributed by atoms with Gasteiger partial charge in [-0.15, -0.1) is 0 Å². The lowest BCUT2D eigenvalue weighted by atomic mass is 10.0. The Morgan fingerprint density at radius 2 is 1.70 bits per heavy atom. The highest BCUT2D eigenvalue weighted by Crippen LogP contribution is 2.50. The molecule has 23 heavy (non-hydrogen) atoms. The lowest BCUT2D eigenvalue weighted by molar-refractivity contribution is 0.455. The lowest BCUT2D eigenvalue weighted by Gasteiger charge is -2.33. The Kier molecular flexibility index (Phi) is 3.01. The van der Waals surface area contributed by atoms with Crippen LogP contribution in [0, 0.1) is 20.8 Å². The van der Waals surface area contributed by atoms with Crippen molar-refractivity contribution in [1.82, 2.24) is 15.0 Å². The van der Waals surface area contributed by atoms with Crippen LogP contribution in [0.25, 0.3) is 0 Å². The molecule has 5 nitrogen and oxygen atoms in total. The average molecular weight is 304 g/mol. The number of hydrogen-bond acceptors (Lipinski definition) is 5. The van der Waals surface area contributed by atoms with Gasteiger partial charge in [-0.25, -0.2) is 4.98 Å². The molecule has 0 saturated carbocycles. The molecule has 1 aliphatic heterocycles. The zero-order valence-corrected chi connectivity index (χ0v) is 13.2. The third kappa shape index (κ3) is 2.12. The number of pyridine rings is 1. The summed E-state index contributed by atoms with van der Waals surface area (Å²) in [6.45, 7) is 6.34. The predicted molar refractivity (Wildman–Crippen MR) is 88.8 cm³/mol. The van der Waals surface area contributed by atoms with E-state index < -0.39 is 0 Å². The summed E-state index contributed by atoms with van der Waals surface area (Å²) in [5.74, 6) is 1.30. The molecule has 1 aromatic carbocycles. The van der Waals surface area contributed by atoms with E-state index in [1.807, 2.05) is 12.3 Å². The van der Waals surface area contributed by atoms with E-state index in [9.17, 15) is 0 Å². The standard InChI is InChI=1S/C18H16N4O/c1-11-6-12(2)17(13(3)7-11)22-14-8-19-5-4-16(14)23-18-15(22)9-20-10-21-18/h4-10H,1-3H3. The van der Waals surface area contributed by atoms with Crippen molar-refractivity contribution in [3.8, 4) is 11.6 Å². The quantitative estimate of drug-likeness (QED) is 0.522. The van der Waals surface area contributed by atoms with Crippen LogP contribution in [-0.4, -0.2) is 15.0 Å². The second-order valence-corrected chi connectivity index (χ2v) is 5.74. The molecule has 4 rings (SSSR count). The van der Waals surface area contributed by atoms with Crippen LogP contribution in [0.15, 0.2) is 43.1 Å². The number of aromatic nitrogens is 3. The van der Waals surface area contributed by atoms with Gasteiger partial charge in [-0.3, -0.25) is 9.88 Å². The van der Waals surface area contributed by atoms with E-state index in [2.05, 4.69) is 52.8 Å². The molecule has 0 aliphatic carbocycles. The third-order valence-electron chi connectivity index (χ3n) is 3.97. The molecule has 0 atom stereocenters. The molecule has 1 aliphatic rings. The maximum absolute atomic E-state index is 5.90. The fraction of sp³-hybridized carbons (Fsp3) is 0.167. The molecule has 0 spiro atoms. The molecule has 0 amide bonds. The molecule has 3 heterocycles. The van der Waals surface area contributed by atoms with Crippen LogP contribution in [0.2, 0.25) is 0 Å². The minimum atomic E-state index is 0.554. The van der Waals surface area contributed by atoms with Crippen LogP contribution in [0.3, 0.4) is 0 Å². The molecule has 2 aromatic heterocycles. The summed E-state index contributed by atoms with van der Waals surface area (Å²) in [5.41, 5.74) is 6.45. The van der Waals surface area contributed by atoms with Crippen molar-refractivity contribution in [3.05, 3.63) is 59.8 Å². The Morgan fingerprint density at radius 3 is 2.48 bits per heavy atom. The van der Waals surface area contributed by atoms with E-state index in [1.54, 1.807) is 12.4 Å². The van der Waals surface area contributed by atoms with Gasteiger partial charge in [0.15, 0.2) is 5.75 Å². The monoisotopic (exact) mass is 304 g/mol. The zero-order valence-electron chi connectivity index (χ0n) is 13.2. The van der Waals surface area contributed by atoms with Gasteiger partial charge in [0.05, 0.1) is 18.1 Å². The lowest BCUT2D eigenvalue weighted by Crippen LogP contribution is -2.19. The number of ether oxygens (including phenoxy) is 1. The highest BCUT2D eigenvalue weighted by Gasteiger charge is 2.29. The van der Waals surface area contributed by atoms with Gasteiger partial charge in [0.2, 0.25) is 5.88 Å². The number of hydrogen-bond donors (Lipinski definition) is 0. The summed E-state index contributed by atoms with van der Waals surface area (Å²) < 4.78 is 5.90. The van der Waals surface area contributed by atoms with Crippen molar-refractivity contribution in [2.75, 3.05) is 4.90 Å². The second-order valence-electron chi connectivity index (χ2n) is 5.74. The maximum Gasteiger partial charge on any atom is 0.247 e. The van der Waals surface area contributed by atoms with Crippen molar-refractivity contribution in [2.45, 2.75) is 20.8 Å². The summed E-state index contributed by atoms with van der Waals surface area (Å²) in [5, 5.41) is 0. The average Bonchev–Trinajstić information content (AvgIpc) is 2.53. The first-order valence-electron chi connectivity index (χ1n) is 7.45. The van der Waals surface area contributed by atoms with Gasteiger partial charge in [0.25, 0.3) is 0 Å². The molecule has 0 bridgehead atoms. The largest absolute Gasteiger partial charge is 0.435 e. The summed E-state index contributed by atoms with van der Waals surface area (Å²) in [7, 11) is 0. The number of aryl methyl sites for hydroxylation is 3. The van der Waals surface area contributed by atoms with Crippen molar-refractivity contribution >= 4 is 17.1 Å². The first-order valence-corrected chi connectivity index (χ1v) is 7.45. The van der Waals surface area contributed by atoms with Crippen LogP contribution in [-0.2, 0) is 0 Å². The highest BCUT2D eigenvalue weighted by atomic mass is 16.5. The van der Waals surface area contributed by atoms with Crippen molar-refractivity contribution in [3.63, 3.8) is 0 Å². The summed E-state index contributed by atoms with van der Waals surface area (Å²) >= 11 is 0. The highest BCUT2D eigenvalue weighted by molar-refractivity contribution is 5.86. The van der Waals surface area contributed by atoms with E-state index in [1.165, 1.54) is 23.0 Å². The Bertz CT molecular complexity index is 839. The molecule has 5 heteroatoms. The topological polar surface area (TPSA) is 51.1 Å². The van der Waals surface area contributed by atoms with Gasteiger partial charge in [-0.05, 0) is 31.9 Å². The van der Waals surface area contributed by atoms with E-state index in [4.69, 9.17) is 4.74 Å². The van der Waals surface area contributed by atoms with Crippen LogP contribution < -0.4 is 9.64 Å². The number of fused-ring (bicyclic) bond motifs is 2. The zero-order chi connectivity index (χ0) is 16.0. The molecule has 0 N–H and O–H groups in total. The van der Waals surface area contributed by atoms with Gasteiger partial charge in [0.1, 0.15) is 17.7 Å². The molecule has 0 saturated heterocycles. The van der Waals surface area contributed by atoms with E-state index in [0.29, 0.717) is 5.88 Å². The van der Waals surface area contributed by atoms with Gasteiger partial charge >= 0.3 is 0 Å². The first-order chi connectivity index (χ1) is 11.1. The molecule has 0 unspecified atom stereocenters. The number of rotatable bonds is 1. The molecule has 0 radical (unpaired) electrons. The minimum absolute atomic E-state index is 0.554. The van der Waals surface area contributed by atoms with Crippen molar-refractivity contribution in [2.24, 2.45) is 0 Å². The molecule has 0 fully saturated rings. The van der Waals surface area contributed by atoms with Gasteiger partial charge in [-0.2, -0.15) is 4.98 Å². The van der Waals surface area contributed by atoms with E-state index >= 15 is 0 Å². The van der Waals surface area contributed by atoms with Crippen LogP contribution in [0.1, 0.15) is 16.7 Å². The molecular weight excluding hydrogens is 288 g/mol.